The van der Waals surface area contributed by atoms with Gasteiger partial charge in [0.15, 0.2) is 0 Å². The van der Waals surface area contributed by atoms with E-state index in [4.69, 9.17) is 10.5 Å². The SMILES string of the molecule is CCOc1cncc(C2(N)CCC(C)CC2)c1. The minimum absolute atomic E-state index is 0.202. The number of pyridine rings is 1. The van der Waals surface area contributed by atoms with Crippen LogP contribution >= 0.6 is 0 Å². The van der Waals surface area contributed by atoms with E-state index in [2.05, 4.69) is 11.9 Å². The summed E-state index contributed by atoms with van der Waals surface area (Å²) in [7, 11) is 0. The predicted octanol–water partition coefficient (Wildman–Crippen LogP) is 2.84. The van der Waals surface area contributed by atoms with Gasteiger partial charge in [0, 0.05) is 11.7 Å². The van der Waals surface area contributed by atoms with E-state index in [0.717, 1.165) is 30.1 Å². The molecule has 0 saturated heterocycles. The first kappa shape index (κ1) is 12.4. The summed E-state index contributed by atoms with van der Waals surface area (Å²) in [6.45, 7) is 4.95. The van der Waals surface area contributed by atoms with Gasteiger partial charge in [0.2, 0.25) is 0 Å². The summed E-state index contributed by atoms with van der Waals surface area (Å²) in [6, 6.07) is 2.05. The maximum absolute atomic E-state index is 6.51. The van der Waals surface area contributed by atoms with Crippen LogP contribution in [0, 0.1) is 5.92 Å². The van der Waals surface area contributed by atoms with Crippen LogP contribution in [0.5, 0.6) is 5.75 Å². The van der Waals surface area contributed by atoms with Gasteiger partial charge in [-0.3, -0.25) is 4.98 Å². The standard InChI is InChI=1S/C14H22N2O/c1-3-17-13-8-12(9-16-10-13)14(15)6-4-11(2)5-7-14/h8-11H,3-7,15H2,1-2H3. The van der Waals surface area contributed by atoms with Crippen LogP contribution in [0.25, 0.3) is 0 Å². The van der Waals surface area contributed by atoms with Crippen molar-refractivity contribution in [3.05, 3.63) is 24.0 Å². The van der Waals surface area contributed by atoms with E-state index >= 15 is 0 Å². The van der Waals surface area contributed by atoms with Gasteiger partial charge in [-0.15, -0.1) is 0 Å². The molecule has 0 atom stereocenters. The van der Waals surface area contributed by atoms with E-state index in [1.165, 1.54) is 12.8 Å². The summed E-state index contributed by atoms with van der Waals surface area (Å²) in [5.74, 6) is 1.63. The molecule has 0 spiro atoms. The van der Waals surface area contributed by atoms with Gasteiger partial charge < -0.3 is 10.5 Å². The van der Waals surface area contributed by atoms with Crippen molar-refractivity contribution in [2.75, 3.05) is 6.61 Å². The van der Waals surface area contributed by atoms with Gasteiger partial charge in [-0.05, 0) is 50.2 Å². The molecule has 1 aliphatic rings. The maximum Gasteiger partial charge on any atom is 0.137 e. The van der Waals surface area contributed by atoms with E-state index in [1.54, 1.807) is 6.20 Å². The number of rotatable bonds is 3. The number of aromatic nitrogens is 1. The van der Waals surface area contributed by atoms with Gasteiger partial charge in [0.1, 0.15) is 5.75 Å². The first-order valence-electron chi connectivity index (χ1n) is 6.51. The first-order valence-corrected chi connectivity index (χ1v) is 6.51. The predicted molar refractivity (Wildman–Crippen MR) is 68.9 cm³/mol. The molecule has 0 aliphatic heterocycles. The summed E-state index contributed by atoms with van der Waals surface area (Å²) in [5, 5.41) is 0. The first-order chi connectivity index (χ1) is 8.14. The Labute approximate surface area is 103 Å². The Balaban J connectivity index is 2.17. The number of hydrogen-bond donors (Lipinski definition) is 1. The number of hydrogen-bond acceptors (Lipinski definition) is 3. The van der Waals surface area contributed by atoms with Crippen LogP contribution in [-0.2, 0) is 5.54 Å². The molecule has 0 aromatic carbocycles. The number of ether oxygens (including phenoxy) is 1. The minimum atomic E-state index is -0.202. The van der Waals surface area contributed by atoms with Gasteiger partial charge in [-0.1, -0.05) is 6.92 Å². The molecule has 2 rings (SSSR count). The highest BCUT2D eigenvalue weighted by atomic mass is 16.5. The molecule has 1 saturated carbocycles. The summed E-state index contributed by atoms with van der Waals surface area (Å²) >= 11 is 0. The average Bonchev–Trinajstić information content (AvgIpc) is 2.34. The molecule has 0 bridgehead atoms. The molecule has 17 heavy (non-hydrogen) atoms. The zero-order valence-electron chi connectivity index (χ0n) is 10.8. The molecule has 0 radical (unpaired) electrons. The smallest absolute Gasteiger partial charge is 0.137 e. The van der Waals surface area contributed by atoms with Crippen LogP contribution < -0.4 is 10.5 Å². The fraction of sp³-hybridized carbons (Fsp3) is 0.643. The summed E-state index contributed by atoms with van der Waals surface area (Å²) in [5.41, 5.74) is 7.43. The van der Waals surface area contributed by atoms with Crippen molar-refractivity contribution in [2.45, 2.75) is 45.1 Å². The summed E-state index contributed by atoms with van der Waals surface area (Å²) in [6.07, 6.45) is 8.14. The molecule has 3 nitrogen and oxygen atoms in total. The quantitative estimate of drug-likeness (QED) is 0.874. The molecule has 1 aliphatic carbocycles. The Kier molecular flexibility index (Phi) is 3.67. The highest BCUT2D eigenvalue weighted by molar-refractivity contribution is 5.29. The molecule has 2 N–H and O–H groups in total. The van der Waals surface area contributed by atoms with Gasteiger partial charge in [-0.25, -0.2) is 0 Å². The molecule has 3 heteroatoms. The molecule has 1 fully saturated rings. The Hall–Kier alpha value is -1.09. The molecular formula is C14H22N2O. The fourth-order valence-electron chi connectivity index (χ4n) is 2.50. The second kappa shape index (κ2) is 5.05. The van der Waals surface area contributed by atoms with Crippen molar-refractivity contribution >= 4 is 0 Å². The van der Waals surface area contributed by atoms with Crippen LogP contribution in [0.3, 0.4) is 0 Å². The van der Waals surface area contributed by atoms with Crippen molar-refractivity contribution in [2.24, 2.45) is 11.7 Å². The molecule has 1 aromatic rings. The van der Waals surface area contributed by atoms with E-state index < -0.39 is 0 Å². The zero-order chi connectivity index (χ0) is 12.3. The van der Waals surface area contributed by atoms with Crippen molar-refractivity contribution in [3.8, 4) is 5.75 Å². The molecular weight excluding hydrogens is 212 g/mol. The van der Waals surface area contributed by atoms with Gasteiger partial charge in [0.25, 0.3) is 0 Å². The van der Waals surface area contributed by atoms with E-state index in [-0.39, 0.29) is 5.54 Å². The van der Waals surface area contributed by atoms with Crippen molar-refractivity contribution in [3.63, 3.8) is 0 Å². The van der Waals surface area contributed by atoms with Gasteiger partial charge in [-0.2, -0.15) is 0 Å². The zero-order valence-corrected chi connectivity index (χ0v) is 10.8. The Morgan fingerprint density at radius 1 is 1.41 bits per heavy atom. The van der Waals surface area contributed by atoms with E-state index in [0.29, 0.717) is 6.61 Å². The highest BCUT2D eigenvalue weighted by Gasteiger charge is 2.32. The summed E-state index contributed by atoms with van der Waals surface area (Å²) in [4.78, 5) is 4.24. The molecule has 1 aromatic heterocycles. The third-order valence-corrected chi connectivity index (χ3v) is 3.77. The van der Waals surface area contributed by atoms with Crippen LogP contribution in [0.15, 0.2) is 18.5 Å². The van der Waals surface area contributed by atoms with Gasteiger partial charge in [0.05, 0.1) is 12.8 Å². The number of nitrogens with zero attached hydrogens (tertiary/aromatic N) is 1. The molecule has 1 heterocycles. The van der Waals surface area contributed by atoms with E-state index in [1.807, 2.05) is 19.2 Å². The maximum atomic E-state index is 6.51. The van der Waals surface area contributed by atoms with Crippen molar-refractivity contribution in [1.82, 2.24) is 4.98 Å². The largest absolute Gasteiger partial charge is 0.492 e. The third-order valence-electron chi connectivity index (χ3n) is 3.77. The molecule has 94 valence electrons. The average molecular weight is 234 g/mol. The van der Waals surface area contributed by atoms with Crippen LogP contribution in [0.4, 0.5) is 0 Å². The van der Waals surface area contributed by atoms with Crippen LogP contribution in [0.1, 0.15) is 45.1 Å². The molecule has 0 amide bonds. The second-order valence-corrected chi connectivity index (χ2v) is 5.18. The molecule has 0 unspecified atom stereocenters. The van der Waals surface area contributed by atoms with Gasteiger partial charge >= 0.3 is 0 Å². The second-order valence-electron chi connectivity index (χ2n) is 5.18. The normalized spacial score (nSPS) is 29.0. The Morgan fingerprint density at radius 3 is 2.76 bits per heavy atom. The monoisotopic (exact) mass is 234 g/mol. The van der Waals surface area contributed by atoms with Crippen molar-refractivity contribution < 1.29 is 4.74 Å². The van der Waals surface area contributed by atoms with Crippen molar-refractivity contribution in [1.29, 1.82) is 0 Å². The van der Waals surface area contributed by atoms with E-state index in [9.17, 15) is 0 Å². The Morgan fingerprint density at radius 2 is 2.12 bits per heavy atom. The lowest BCUT2D eigenvalue weighted by molar-refractivity contribution is 0.246. The Bertz CT molecular complexity index is 370. The topological polar surface area (TPSA) is 48.1 Å². The lowest BCUT2D eigenvalue weighted by atomic mass is 9.74. The minimum Gasteiger partial charge on any atom is -0.492 e. The number of nitrogens with two attached hydrogens (primary N) is 1. The summed E-state index contributed by atoms with van der Waals surface area (Å²) < 4.78 is 5.49. The third kappa shape index (κ3) is 2.78. The van der Waals surface area contributed by atoms with Crippen LogP contribution in [-0.4, -0.2) is 11.6 Å². The fourth-order valence-corrected chi connectivity index (χ4v) is 2.50. The van der Waals surface area contributed by atoms with Crippen LogP contribution in [0.2, 0.25) is 0 Å². The lowest BCUT2D eigenvalue weighted by Crippen LogP contribution is -2.40. The lowest BCUT2D eigenvalue weighted by Gasteiger charge is -2.36. The highest BCUT2D eigenvalue weighted by Crippen LogP contribution is 2.37.